The van der Waals surface area contributed by atoms with Crippen molar-refractivity contribution in [1.29, 1.82) is 0 Å². The molecule has 1 heterocycles. The van der Waals surface area contributed by atoms with Gasteiger partial charge in [0, 0.05) is 18.5 Å². The lowest BCUT2D eigenvalue weighted by Crippen LogP contribution is -2.40. The fraction of sp³-hybridized carbons (Fsp3) is 0.625. The summed E-state index contributed by atoms with van der Waals surface area (Å²) in [5.41, 5.74) is 1.46. The van der Waals surface area contributed by atoms with Crippen molar-refractivity contribution in [1.82, 2.24) is 5.32 Å². The summed E-state index contributed by atoms with van der Waals surface area (Å²) in [5, 5.41) is 3.64. The van der Waals surface area contributed by atoms with Crippen molar-refractivity contribution in [2.24, 2.45) is 0 Å². The lowest BCUT2D eigenvalue weighted by atomic mass is 9.95. The van der Waals surface area contributed by atoms with Crippen molar-refractivity contribution in [2.45, 2.75) is 52.1 Å². The third-order valence-corrected chi connectivity index (χ3v) is 4.09. The molecule has 0 atom stereocenters. The zero-order chi connectivity index (χ0) is 13.7. The largest absolute Gasteiger partial charge is 0.490 e. The van der Waals surface area contributed by atoms with Crippen LogP contribution < -0.4 is 14.8 Å². The number of nitrogens with one attached hydrogen (secondary N) is 1. The van der Waals surface area contributed by atoms with Gasteiger partial charge in [-0.1, -0.05) is 19.9 Å². The summed E-state index contributed by atoms with van der Waals surface area (Å²) in [5.74, 6) is 1.75. The van der Waals surface area contributed by atoms with Crippen LogP contribution in [0.1, 0.15) is 45.6 Å². The Morgan fingerprint density at radius 2 is 1.79 bits per heavy atom. The standard InChI is InChI=1S/C16H25NO2/c1-4-16(3,5-2)17-12-13-7-8-14-15(11-13)19-10-6-9-18-14/h7-8,11,17H,4-6,9-10,12H2,1-3H3. The molecule has 2 rings (SSSR count). The van der Waals surface area contributed by atoms with Gasteiger partial charge in [0.25, 0.3) is 0 Å². The van der Waals surface area contributed by atoms with Gasteiger partial charge in [-0.2, -0.15) is 0 Å². The molecular weight excluding hydrogens is 238 g/mol. The van der Waals surface area contributed by atoms with Gasteiger partial charge >= 0.3 is 0 Å². The molecule has 0 aromatic heterocycles. The van der Waals surface area contributed by atoms with Crippen LogP contribution in [0.2, 0.25) is 0 Å². The van der Waals surface area contributed by atoms with E-state index in [1.165, 1.54) is 5.56 Å². The van der Waals surface area contributed by atoms with Crippen molar-refractivity contribution in [2.75, 3.05) is 13.2 Å². The summed E-state index contributed by atoms with van der Waals surface area (Å²) in [6, 6.07) is 6.23. The van der Waals surface area contributed by atoms with Crippen molar-refractivity contribution in [3.8, 4) is 11.5 Å². The lowest BCUT2D eigenvalue weighted by Gasteiger charge is -2.28. The minimum atomic E-state index is 0.212. The highest BCUT2D eigenvalue weighted by Crippen LogP contribution is 2.30. The maximum atomic E-state index is 5.72. The van der Waals surface area contributed by atoms with Gasteiger partial charge in [-0.15, -0.1) is 0 Å². The quantitative estimate of drug-likeness (QED) is 0.881. The smallest absolute Gasteiger partial charge is 0.161 e. The van der Waals surface area contributed by atoms with E-state index in [4.69, 9.17) is 9.47 Å². The number of benzene rings is 1. The molecule has 0 bridgehead atoms. The van der Waals surface area contributed by atoms with E-state index in [1.54, 1.807) is 0 Å². The number of hydrogen-bond acceptors (Lipinski definition) is 3. The minimum absolute atomic E-state index is 0.212. The topological polar surface area (TPSA) is 30.5 Å². The molecule has 1 aromatic carbocycles. The van der Waals surface area contributed by atoms with Crippen LogP contribution in [0, 0.1) is 0 Å². The average Bonchev–Trinajstić information content (AvgIpc) is 2.69. The van der Waals surface area contributed by atoms with E-state index in [0.29, 0.717) is 0 Å². The molecule has 0 spiro atoms. The summed E-state index contributed by atoms with van der Waals surface area (Å²) in [6.07, 6.45) is 3.22. The zero-order valence-corrected chi connectivity index (χ0v) is 12.3. The first kappa shape index (κ1) is 14.2. The number of ether oxygens (including phenoxy) is 2. The van der Waals surface area contributed by atoms with Crippen molar-refractivity contribution >= 4 is 0 Å². The molecule has 0 saturated heterocycles. The van der Waals surface area contributed by atoms with Gasteiger partial charge in [0.1, 0.15) is 0 Å². The van der Waals surface area contributed by atoms with Gasteiger partial charge in [-0.3, -0.25) is 0 Å². The molecule has 19 heavy (non-hydrogen) atoms. The Bertz CT molecular complexity index is 413. The minimum Gasteiger partial charge on any atom is -0.490 e. The maximum Gasteiger partial charge on any atom is 0.161 e. The molecule has 1 aliphatic rings. The highest BCUT2D eigenvalue weighted by Gasteiger charge is 2.18. The zero-order valence-electron chi connectivity index (χ0n) is 12.3. The second-order valence-electron chi connectivity index (χ2n) is 5.45. The molecule has 0 fully saturated rings. The van der Waals surface area contributed by atoms with E-state index in [1.807, 2.05) is 6.07 Å². The Morgan fingerprint density at radius 1 is 1.11 bits per heavy atom. The van der Waals surface area contributed by atoms with E-state index < -0.39 is 0 Å². The summed E-state index contributed by atoms with van der Waals surface area (Å²) < 4.78 is 11.4. The van der Waals surface area contributed by atoms with Gasteiger partial charge in [-0.05, 0) is 37.5 Å². The fourth-order valence-electron chi connectivity index (χ4n) is 2.13. The van der Waals surface area contributed by atoms with Gasteiger partial charge < -0.3 is 14.8 Å². The molecule has 0 amide bonds. The Morgan fingerprint density at radius 3 is 2.47 bits per heavy atom. The monoisotopic (exact) mass is 263 g/mol. The summed E-state index contributed by atoms with van der Waals surface area (Å²) in [4.78, 5) is 0. The van der Waals surface area contributed by atoms with Gasteiger partial charge in [0.2, 0.25) is 0 Å². The Kier molecular flexibility index (Phi) is 4.70. The Hall–Kier alpha value is -1.22. The molecule has 3 heteroatoms. The van der Waals surface area contributed by atoms with E-state index in [9.17, 15) is 0 Å². The second kappa shape index (κ2) is 6.29. The van der Waals surface area contributed by atoms with Crippen LogP contribution in [0.25, 0.3) is 0 Å². The molecule has 0 aliphatic carbocycles. The first-order valence-electron chi connectivity index (χ1n) is 7.30. The third-order valence-electron chi connectivity index (χ3n) is 4.09. The Balaban J connectivity index is 2.04. The van der Waals surface area contributed by atoms with E-state index in [-0.39, 0.29) is 5.54 Å². The molecule has 0 radical (unpaired) electrons. The number of fused-ring (bicyclic) bond motifs is 1. The van der Waals surface area contributed by atoms with Crippen molar-refractivity contribution in [3.05, 3.63) is 23.8 Å². The molecule has 1 aromatic rings. The van der Waals surface area contributed by atoms with Crippen LogP contribution in [-0.4, -0.2) is 18.8 Å². The van der Waals surface area contributed by atoms with E-state index in [0.717, 1.165) is 50.5 Å². The molecule has 106 valence electrons. The Labute approximate surface area is 116 Å². The van der Waals surface area contributed by atoms with Gasteiger partial charge in [-0.25, -0.2) is 0 Å². The third kappa shape index (κ3) is 3.63. The summed E-state index contributed by atoms with van der Waals surface area (Å²) >= 11 is 0. The van der Waals surface area contributed by atoms with E-state index in [2.05, 4.69) is 38.2 Å². The highest BCUT2D eigenvalue weighted by molar-refractivity contribution is 5.43. The highest BCUT2D eigenvalue weighted by atomic mass is 16.5. The fourth-order valence-corrected chi connectivity index (χ4v) is 2.13. The van der Waals surface area contributed by atoms with Gasteiger partial charge in [0.15, 0.2) is 11.5 Å². The normalized spacial score (nSPS) is 15.1. The molecule has 0 saturated carbocycles. The molecule has 1 aliphatic heterocycles. The molecule has 1 N–H and O–H groups in total. The maximum absolute atomic E-state index is 5.72. The van der Waals surface area contributed by atoms with Crippen LogP contribution in [0.5, 0.6) is 11.5 Å². The summed E-state index contributed by atoms with van der Waals surface area (Å²) in [6.45, 7) is 9.08. The van der Waals surface area contributed by atoms with Crippen LogP contribution >= 0.6 is 0 Å². The van der Waals surface area contributed by atoms with Crippen LogP contribution in [0.15, 0.2) is 18.2 Å². The second-order valence-corrected chi connectivity index (χ2v) is 5.45. The lowest BCUT2D eigenvalue weighted by molar-refractivity contribution is 0.296. The predicted molar refractivity (Wildman–Crippen MR) is 77.9 cm³/mol. The average molecular weight is 263 g/mol. The van der Waals surface area contributed by atoms with Crippen molar-refractivity contribution in [3.63, 3.8) is 0 Å². The number of hydrogen-bond donors (Lipinski definition) is 1. The molecule has 3 nitrogen and oxygen atoms in total. The number of rotatable bonds is 5. The van der Waals surface area contributed by atoms with Crippen molar-refractivity contribution < 1.29 is 9.47 Å². The van der Waals surface area contributed by atoms with Crippen LogP contribution in [0.4, 0.5) is 0 Å². The van der Waals surface area contributed by atoms with Crippen LogP contribution in [-0.2, 0) is 6.54 Å². The summed E-state index contributed by atoms with van der Waals surface area (Å²) in [7, 11) is 0. The first-order chi connectivity index (χ1) is 9.17. The van der Waals surface area contributed by atoms with Crippen LogP contribution in [0.3, 0.4) is 0 Å². The first-order valence-corrected chi connectivity index (χ1v) is 7.30. The van der Waals surface area contributed by atoms with Gasteiger partial charge in [0.05, 0.1) is 13.2 Å². The van der Waals surface area contributed by atoms with E-state index >= 15 is 0 Å². The predicted octanol–water partition coefficient (Wildman–Crippen LogP) is 3.52. The molecule has 0 unspecified atom stereocenters. The molecular formula is C16H25NO2. The SMILES string of the molecule is CCC(C)(CC)NCc1ccc2c(c1)OCCCO2.